The largest absolute Gasteiger partial charge is 0.497 e. The van der Waals surface area contributed by atoms with E-state index in [2.05, 4.69) is 4.99 Å². The quantitative estimate of drug-likeness (QED) is 0.272. The Morgan fingerprint density at radius 2 is 1.86 bits per heavy atom. The van der Waals surface area contributed by atoms with Crippen molar-refractivity contribution >= 4 is 52.2 Å². The minimum atomic E-state index is -0.514. The predicted molar refractivity (Wildman–Crippen MR) is 144 cm³/mol. The van der Waals surface area contributed by atoms with Crippen LogP contribution < -0.4 is 14.2 Å². The van der Waals surface area contributed by atoms with E-state index in [0.717, 1.165) is 0 Å². The molecule has 0 aliphatic carbocycles. The smallest absolute Gasteiger partial charge is 0.344 e. The molecule has 0 saturated carbocycles. The molecule has 0 radical (unpaired) electrons. The first-order valence-electron chi connectivity index (χ1n) is 11.6. The van der Waals surface area contributed by atoms with E-state index in [9.17, 15) is 9.59 Å². The zero-order valence-electron chi connectivity index (χ0n) is 21.1. The molecule has 198 valence electrons. The summed E-state index contributed by atoms with van der Waals surface area (Å²) < 4.78 is 26.5. The Hall–Kier alpha value is -3.21. The summed E-state index contributed by atoms with van der Waals surface area (Å²) in [6.45, 7) is 4.53. The van der Waals surface area contributed by atoms with Crippen molar-refractivity contribution in [2.45, 2.75) is 13.8 Å². The number of methoxy groups -OCH3 is 2. The van der Waals surface area contributed by atoms with Crippen molar-refractivity contribution in [2.24, 2.45) is 4.99 Å². The number of amidine groups is 1. The number of thioether (sulfide) groups is 1. The highest BCUT2D eigenvalue weighted by atomic mass is 35.5. The highest BCUT2D eigenvalue weighted by Gasteiger charge is 2.33. The zero-order chi connectivity index (χ0) is 26.8. The summed E-state index contributed by atoms with van der Waals surface area (Å²) >= 11 is 7.72. The van der Waals surface area contributed by atoms with Gasteiger partial charge in [0.15, 0.2) is 23.3 Å². The standard InChI is InChI=1S/C26H29ClN2O7S/c1-5-34-21-14-17(13-20(27)24(21)36-16-23(30)35-6-2)15-22-25(31)29(11-12-32-3)26(37-22)28-18-7-9-19(33-4)10-8-18/h7-10,13-15H,5-6,11-12,16H2,1-4H3/b22-15-,28-26?. The van der Waals surface area contributed by atoms with Gasteiger partial charge in [0.05, 0.1) is 49.1 Å². The molecule has 1 saturated heterocycles. The van der Waals surface area contributed by atoms with Crippen LogP contribution in [0.3, 0.4) is 0 Å². The third kappa shape index (κ3) is 7.64. The van der Waals surface area contributed by atoms with Crippen molar-refractivity contribution in [1.82, 2.24) is 4.90 Å². The number of aliphatic imine (C=N–C) groups is 1. The van der Waals surface area contributed by atoms with Crippen LogP contribution >= 0.6 is 23.4 Å². The van der Waals surface area contributed by atoms with E-state index in [0.29, 0.717) is 52.6 Å². The highest BCUT2D eigenvalue weighted by molar-refractivity contribution is 8.18. The molecule has 0 spiro atoms. The third-order valence-electron chi connectivity index (χ3n) is 4.97. The lowest BCUT2D eigenvalue weighted by Crippen LogP contribution is -2.32. The Bertz CT molecular complexity index is 1170. The Kier molecular flexibility index (Phi) is 10.7. The summed E-state index contributed by atoms with van der Waals surface area (Å²) in [6.07, 6.45) is 1.72. The molecule has 0 aromatic heterocycles. The molecule has 11 heteroatoms. The maximum atomic E-state index is 13.3. The second kappa shape index (κ2) is 13.9. The van der Waals surface area contributed by atoms with E-state index < -0.39 is 5.97 Å². The molecule has 2 aromatic rings. The van der Waals surface area contributed by atoms with Gasteiger partial charge in [0.1, 0.15) is 5.75 Å². The number of hydrogen-bond acceptors (Lipinski definition) is 9. The topological polar surface area (TPSA) is 95.9 Å². The van der Waals surface area contributed by atoms with Gasteiger partial charge in [0.25, 0.3) is 5.91 Å². The highest BCUT2D eigenvalue weighted by Crippen LogP contribution is 2.39. The maximum absolute atomic E-state index is 13.3. The molecule has 1 fully saturated rings. The molecule has 3 rings (SSSR count). The summed E-state index contributed by atoms with van der Waals surface area (Å²) in [5.74, 6) is 0.580. The van der Waals surface area contributed by atoms with E-state index in [1.165, 1.54) is 11.8 Å². The normalized spacial score (nSPS) is 15.4. The van der Waals surface area contributed by atoms with Gasteiger partial charge in [-0.2, -0.15) is 0 Å². The average molecular weight is 549 g/mol. The number of esters is 1. The SMILES string of the molecule is CCOC(=O)COc1c(Cl)cc(/C=C2\SC(=Nc3ccc(OC)cc3)N(CCOC)C2=O)cc1OCC. The summed E-state index contributed by atoms with van der Waals surface area (Å²) in [5.41, 5.74) is 1.31. The van der Waals surface area contributed by atoms with Gasteiger partial charge in [-0.3, -0.25) is 9.69 Å². The summed E-state index contributed by atoms with van der Waals surface area (Å²) in [7, 11) is 3.17. The van der Waals surface area contributed by atoms with Gasteiger partial charge < -0.3 is 23.7 Å². The third-order valence-corrected chi connectivity index (χ3v) is 6.26. The van der Waals surface area contributed by atoms with Crippen LogP contribution in [-0.2, 0) is 19.1 Å². The Labute approximate surface area is 225 Å². The van der Waals surface area contributed by atoms with Crippen LogP contribution in [0.25, 0.3) is 6.08 Å². The zero-order valence-corrected chi connectivity index (χ0v) is 22.7. The van der Waals surface area contributed by atoms with Gasteiger partial charge in [0, 0.05) is 7.11 Å². The molecule has 1 amide bonds. The van der Waals surface area contributed by atoms with Gasteiger partial charge in [-0.25, -0.2) is 9.79 Å². The first-order chi connectivity index (χ1) is 17.9. The monoisotopic (exact) mass is 548 g/mol. The van der Waals surface area contributed by atoms with Gasteiger partial charge in [-0.05, 0) is 73.6 Å². The molecular formula is C26H29ClN2O7S. The molecule has 0 N–H and O–H groups in total. The second-order valence-electron chi connectivity index (χ2n) is 7.51. The van der Waals surface area contributed by atoms with Gasteiger partial charge in [-0.1, -0.05) is 11.6 Å². The fourth-order valence-electron chi connectivity index (χ4n) is 3.30. The number of amides is 1. The average Bonchev–Trinajstić information content (AvgIpc) is 3.16. The van der Waals surface area contributed by atoms with Crippen molar-refractivity contribution < 1.29 is 33.3 Å². The second-order valence-corrected chi connectivity index (χ2v) is 8.93. The van der Waals surface area contributed by atoms with Crippen LogP contribution in [0.2, 0.25) is 5.02 Å². The molecule has 0 atom stereocenters. The summed E-state index contributed by atoms with van der Waals surface area (Å²) in [4.78, 5) is 31.7. The number of nitrogens with zero attached hydrogens (tertiary/aromatic N) is 2. The van der Waals surface area contributed by atoms with Crippen LogP contribution in [0, 0.1) is 0 Å². The van der Waals surface area contributed by atoms with Crippen molar-refractivity contribution in [2.75, 3.05) is 47.2 Å². The van der Waals surface area contributed by atoms with E-state index in [1.807, 2.05) is 19.1 Å². The maximum Gasteiger partial charge on any atom is 0.344 e. The van der Waals surface area contributed by atoms with Crippen molar-refractivity contribution in [3.63, 3.8) is 0 Å². The first-order valence-corrected chi connectivity index (χ1v) is 12.8. The number of hydrogen-bond donors (Lipinski definition) is 0. The van der Waals surface area contributed by atoms with Crippen molar-refractivity contribution in [1.29, 1.82) is 0 Å². The fraction of sp³-hybridized carbons (Fsp3) is 0.346. The van der Waals surface area contributed by atoms with Crippen LogP contribution in [0.4, 0.5) is 5.69 Å². The number of benzene rings is 2. The molecule has 37 heavy (non-hydrogen) atoms. The van der Waals surface area contributed by atoms with E-state index in [-0.39, 0.29) is 29.9 Å². The van der Waals surface area contributed by atoms with Gasteiger partial charge in [-0.15, -0.1) is 0 Å². The van der Waals surface area contributed by atoms with Gasteiger partial charge in [0.2, 0.25) is 0 Å². The molecule has 1 heterocycles. The molecule has 1 aliphatic rings. The number of halogens is 1. The minimum absolute atomic E-state index is 0.203. The van der Waals surface area contributed by atoms with Crippen molar-refractivity contribution in [3.8, 4) is 17.2 Å². The molecule has 2 aromatic carbocycles. The number of ether oxygens (including phenoxy) is 5. The Balaban J connectivity index is 1.91. The lowest BCUT2D eigenvalue weighted by Gasteiger charge is -2.15. The van der Waals surface area contributed by atoms with Gasteiger partial charge >= 0.3 is 5.97 Å². The van der Waals surface area contributed by atoms with Crippen molar-refractivity contribution in [3.05, 3.63) is 51.9 Å². The minimum Gasteiger partial charge on any atom is -0.497 e. The molecule has 0 bridgehead atoms. The lowest BCUT2D eigenvalue weighted by atomic mass is 10.1. The van der Waals surface area contributed by atoms with Crippen LogP contribution in [0.15, 0.2) is 46.3 Å². The van der Waals surface area contributed by atoms with E-state index in [4.69, 9.17) is 35.3 Å². The van der Waals surface area contributed by atoms with Crippen LogP contribution in [0.5, 0.6) is 17.2 Å². The Morgan fingerprint density at radius 3 is 2.51 bits per heavy atom. The fourth-order valence-corrected chi connectivity index (χ4v) is 4.60. The predicted octanol–water partition coefficient (Wildman–Crippen LogP) is 4.94. The summed E-state index contributed by atoms with van der Waals surface area (Å²) in [6, 6.07) is 10.6. The molecule has 9 nitrogen and oxygen atoms in total. The first kappa shape index (κ1) is 28.4. The number of rotatable bonds is 12. The molecular weight excluding hydrogens is 520 g/mol. The van der Waals surface area contributed by atoms with Crippen LogP contribution in [-0.4, -0.2) is 69.1 Å². The molecule has 1 aliphatic heterocycles. The van der Waals surface area contributed by atoms with E-state index in [1.54, 1.807) is 56.4 Å². The van der Waals surface area contributed by atoms with Crippen LogP contribution in [0.1, 0.15) is 19.4 Å². The number of carbonyl (C=O) groups excluding carboxylic acids is 2. The summed E-state index contributed by atoms with van der Waals surface area (Å²) in [5, 5.41) is 0.768. The number of carbonyl (C=O) groups is 2. The lowest BCUT2D eigenvalue weighted by molar-refractivity contribution is -0.145. The molecule has 0 unspecified atom stereocenters. The van der Waals surface area contributed by atoms with E-state index >= 15 is 0 Å². The Morgan fingerprint density at radius 1 is 1.11 bits per heavy atom.